The lowest BCUT2D eigenvalue weighted by Gasteiger charge is -2.27. The summed E-state index contributed by atoms with van der Waals surface area (Å²) >= 11 is 0. The highest BCUT2D eigenvalue weighted by Crippen LogP contribution is 2.42. The van der Waals surface area contributed by atoms with Crippen LogP contribution in [0.25, 0.3) is 0 Å². The first-order chi connectivity index (χ1) is 15.7. The zero-order chi connectivity index (χ0) is 22.2. The molecule has 0 amide bonds. The molecule has 0 radical (unpaired) electrons. The van der Waals surface area contributed by atoms with E-state index in [1.54, 1.807) is 0 Å². The Morgan fingerprint density at radius 3 is 1.72 bits per heavy atom. The Balaban J connectivity index is 1.55. The van der Waals surface area contributed by atoms with Crippen LogP contribution >= 0.6 is 7.29 Å². The third kappa shape index (κ3) is 5.19. The highest BCUT2D eigenvalue weighted by Gasteiger charge is 2.30. The number of hydrogen-bond donors (Lipinski definition) is 1. The topological polar surface area (TPSA) is 38.3 Å². The fourth-order valence-electron chi connectivity index (χ4n) is 3.73. The predicted molar refractivity (Wildman–Crippen MR) is 133 cm³/mol. The van der Waals surface area contributed by atoms with Crippen molar-refractivity contribution in [1.82, 2.24) is 5.09 Å². The molecule has 1 N–H and O–H groups in total. The first-order valence-corrected chi connectivity index (χ1v) is 12.7. The molecule has 4 heteroatoms. The van der Waals surface area contributed by atoms with Crippen molar-refractivity contribution < 1.29 is 9.30 Å². The van der Waals surface area contributed by atoms with Gasteiger partial charge in [-0.2, -0.15) is 0 Å². The molecule has 0 saturated carbocycles. The van der Waals surface area contributed by atoms with Gasteiger partial charge in [-0.1, -0.05) is 85.8 Å². The van der Waals surface area contributed by atoms with E-state index in [9.17, 15) is 4.57 Å². The molecule has 0 aliphatic carbocycles. The van der Waals surface area contributed by atoms with E-state index in [1.165, 1.54) is 0 Å². The van der Waals surface area contributed by atoms with Crippen LogP contribution in [-0.4, -0.2) is 0 Å². The maximum absolute atomic E-state index is 14.3. The van der Waals surface area contributed by atoms with E-state index in [1.807, 2.05) is 91.0 Å². The molecule has 0 heterocycles. The fraction of sp³-hybridized carbons (Fsp3) is 0.143. The van der Waals surface area contributed by atoms with E-state index in [2.05, 4.69) is 36.3 Å². The first-order valence-electron chi connectivity index (χ1n) is 10.9. The number of nitrogens with one attached hydrogen (secondary N) is 1. The molecule has 0 fully saturated rings. The van der Waals surface area contributed by atoms with Crippen molar-refractivity contribution in [2.45, 2.75) is 26.0 Å². The average Bonchev–Trinajstić information content (AvgIpc) is 2.88. The van der Waals surface area contributed by atoms with E-state index in [-0.39, 0.29) is 6.04 Å². The van der Waals surface area contributed by atoms with E-state index < -0.39 is 7.29 Å². The Kier molecular flexibility index (Phi) is 7.21. The number of rotatable bonds is 9. The fourth-order valence-corrected chi connectivity index (χ4v) is 6.28. The Morgan fingerprint density at radius 1 is 0.719 bits per heavy atom. The molecule has 32 heavy (non-hydrogen) atoms. The minimum atomic E-state index is -3.01. The van der Waals surface area contributed by atoms with Gasteiger partial charge in [0.1, 0.15) is 12.4 Å². The lowest BCUT2D eigenvalue weighted by atomic mass is 10.1. The number of ether oxygens (including phenoxy) is 1. The molecule has 0 aromatic heterocycles. The van der Waals surface area contributed by atoms with Crippen molar-refractivity contribution >= 4 is 17.9 Å². The van der Waals surface area contributed by atoms with E-state index >= 15 is 0 Å². The second kappa shape index (κ2) is 10.5. The summed E-state index contributed by atoms with van der Waals surface area (Å²) in [5.74, 6) is 0.821. The standard InChI is InChI=1S/C28H28NO2P/c1-2-28(24-18-20-25(21-19-24)31-22-23-12-6-3-7-13-23)29-32(30,26-14-8-4-9-15-26)27-16-10-5-11-17-27/h3-21,28H,2,22H2,1H3,(H,29,30). The van der Waals surface area contributed by atoms with Crippen molar-refractivity contribution in [3.8, 4) is 5.75 Å². The molecule has 4 aromatic carbocycles. The zero-order valence-corrected chi connectivity index (χ0v) is 19.1. The summed E-state index contributed by atoms with van der Waals surface area (Å²) in [5.41, 5.74) is 2.22. The van der Waals surface area contributed by atoms with Crippen LogP contribution in [0.4, 0.5) is 0 Å². The summed E-state index contributed by atoms with van der Waals surface area (Å²) in [6.07, 6.45) is 0.813. The molecule has 0 aliphatic heterocycles. The van der Waals surface area contributed by atoms with Crippen LogP contribution in [0.2, 0.25) is 0 Å². The van der Waals surface area contributed by atoms with Crippen LogP contribution in [0.1, 0.15) is 30.5 Å². The summed E-state index contributed by atoms with van der Waals surface area (Å²) in [6, 6.07) is 37.6. The van der Waals surface area contributed by atoms with Crippen LogP contribution in [-0.2, 0) is 11.2 Å². The van der Waals surface area contributed by atoms with Crippen LogP contribution in [0.5, 0.6) is 5.75 Å². The van der Waals surface area contributed by atoms with Gasteiger partial charge in [-0.25, -0.2) is 0 Å². The molecule has 4 rings (SSSR count). The summed E-state index contributed by atoms with van der Waals surface area (Å²) in [6.45, 7) is 2.64. The van der Waals surface area contributed by atoms with Crippen LogP contribution in [0.15, 0.2) is 115 Å². The Hall–Kier alpha value is -3.13. The number of benzene rings is 4. The van der Waals surface area contributed by atoms with Gasteiger partial charge in [0.15, 0.2) is 0 Å². The largest absolute Gasteiger partial charge is 0.489 e. The van der Waals surface area contributed by atoms with E-state index in [0.717, 1.165) is 33.9 Å². The van der Waals surface area contributed by atoms with Gasteiger partial charge in [0.2, 0.25) is 7.29 Å². The minimum Gasteiger partial charge on any atom is -0.489 e. The van der Waals surface area contributed by atoms with Crippen molar-refractivity contribution in [1.29, 1.82) is 0 Å². The molecule has 1 unspecified atom stereocenters. The maximum Gasteiger partial charge on any atom is 0.205 e. The second-order valence-corrected chi connectivity index (χ2v) is 10.2. The van der Waals surface area contributed by atoms with Gasteiger partial charge in [0.05, 0.1) is 0 Å². The summed E-state index contributed by atoms with van der Waals surface area (Å²) in [4.78, 5) is 0. The Morgan fingerprint density at radius 2 is 1.22 bits per heavy atom. The lowest BCUT2D eigenvalue weighted by molar-refractivity contribution is 0.306. The molecular formula is C28H28NO2P. The van der Waals surface area contributed by atoms with Gasteiger partial charge in [-0.3, -0.25) is 9.65 Å². The smallest absolute Gasteiger partial charge is 0.205 e. The van der Waals surface area contributed by atoms with Gasteiger partial charge >= 0.3 is 0 Å². The van der Waals surface area contributed by atoms with Crippen molar-refractivity contribution in [2.24, 2.45) is 0 Å². The lowest BCUT2D eigenvalue weighted by Crippen LogP contribution is -2.30. The molecule has 0 saturated heterocycles. The van der Waals surface area contributed by atoms with Gasteiger partial charge < -0.3 is 4.74 Å². The molecular weight excluding hydrogens is 413 g/mol. The molecule has 0 aliphatic rings. The normalized spacial score (nSPS) is 12.3. The van der Waals surface area contributed by atoms with E-state index in [4.69, 9.17) is 4.74 Å². The molecule has 3 nitrogen and oxygen atoms in total. The minimum absolute atomic E-state index is 0.0515. The van der Waals surface area contributed by atoms with Crippen LogP contribution < -0.4 is 20.4 Å². The number of hydrogen-bond acceptors (Lipinski definition) is 2. The Bertz CT molecular complexity index is 1100. The van der Waals surface area contributed by atoms with Gasteiger partial charge in [0, 0.05) is 16.7 Å². The third-order valence-electron chi connectivity index (χ3n) is 5.52. The second-order valence-electron chi connectivity index (χ2n) is 7.71. The summed E-state index contributed by atoms with van der Waals surface area (Å²) in [5, 5.41) is 5.15. The molecule has 0 bridgehead atoms. The molecule has 0 spiro atoms. The highest BCUT2D eigenvalue weighted by atomic mass is 31.2. The highest BCUT2D eigenvalue weighted by molar-refractivity contribution is 7.76. The Labute approximate surface area is 190 Å². The predicted octanol–water partition coefficient (Wildman–Crippen LogP) is 6.24. The third-order valence-corrected chi connectivity index (χ3v) is 8.24. The quantitative estimate of drug-likeness (QED) is 0.313. The van der Waals surface area contributed by atoms with Gasteiger partial charge in [0.25, 0.3) is 0 Å². The SMILES string of the molecule is CCC(NP(=O)(c1ccccc1)c1ccccc1)c1ccc(OCc2ccccc2)cc1. The summed E-state index contributed by atoms with van der Waals surface area (Å²) < 4.78 is 20.3. The molecule has 4 aromatic rings. The van der Waals surface area contributed by atoms with Gasteiger partial charge in [-0.05, 0) is 53.9 Å². The first kappa shape index (κ1) is 22.1. The van der Waals surface area contributed by atoms with Crippen molar-refractivity contribution in [3.63, 3.8) is 0 Å². The molecule has 162 valence electrons. The summed E-state index contributed by atoms with van der Waals surface area (Å²) in [7, 11) is -3.01. The monoisotopic (exact) mass is 441 g/mol. The van der Waals surface area contributed by atoms with Crippen molar-refractivity contribution in [3.05, 3.63) is 126 Å². The average molecular weight is 442 g/mol. The maximum atomic E-state index is 14.3. The molecule has 1 atom stereocenters. The van der Waals surface area contributed by atoms with Crippen LogP contribution in [0, 0.1) is 0 Å². The zero-order valence-electron chi connectivity index (χ0n) is 18.2. The van der Waals surface area contributed by atoms with E-state index in [0.29, 0.717) is 6.61 Å². The van der Waals surface area contributed by atoms with Crippen LogP contribution in [0.3, 0.4) is 0 Å². The van der Waals surface area contributed by atoms with Crippen molar-refractivity contribution in [2.75, 3.05) is 0 Å². The van der Waals surface area contributed by atoms with Gasteiger partial charge in [-0.15, -0.1) is 0 Å².